The fourth-order valence-corrected chi connectivity index (χ4v) is 6.31. The number of rotatable bonds is 5. The van der Waals surface area contributed by atoms with E-state index in [1.807, 2.05) is 66.7 Å². The topological polar surface area (TPSA) is 26.3 Å². The molecule has 0 amide bonds. The van der Waals surface area contributed by atoms with Crippen LogP contribution in [-0.4, -0.2) is 5.97 Å². The monoisotopic (exact) mass is 450 g/mol. The molecule has 2 unspecified atom stereocenters. The minimum absolute atomic E-state index is 0.336. The van der Waals surface area contributed by atoms with E-state index in [0.717, 1.165) is 16.3 Å². The van der Waals surface area contributed by atoms with E-state index in [2.05, 4.69) is 45.9 Å². The van der Waals surface area contributed by atoms with Crippen LogP contribution < -0.4 is 4.74 Å². The molecule has 2 fully saturated rings. The Balaban J connectivity index is 1.28. The number of esters is 1. The van der Waals surface area contributed by atoms with E-state index in [-0.39, 0.29) is 5.97 Å². The molecular formula is C32H34O2. The zero-order valence-electron chi connectivity index (χ0n) is 20.7. The fourth-order valence-electron chi connectivity index (χ4n) is 6.31. The van der Waals surface area contributed by atoms with Gasteiger partial charge in [0.15, 0.2) is 0 Å². The number of carbonyl (C=O) groups excluding carboxylic acids is 1. The molecule has 0 N–H and O–H groups in total. The van der Waals surface area contributed by atoms with Crippen molar-refractivity contribution in [2.75, 3.05) is 0 Å². The molecule has 0 heterocycles. The highest BCUT2D eigenvalue weighted by Gasteiger charge is 2.69. The van der Waals surface area contributed by atoms with Crippen LogP contribution in [0.15, 0.2) is 84.5 Å². The first kappa shape index (κ1) is 22.7. The molecule has 2 aliphatic carbocycles. The van der Waals surface area contributed by atoms with Gasteiger partial charge in [0.25, 0.3) is 0 Å². The third-order valence-electron chi connectivity index (χ3n) is 8.48. The van der Waals surface area contributed by atoms with Gasteiger partial charge < -0.3 is 4.74 Å². The number of carbonyl (C=O) groups is 1. The Bertz CT molecular complexity index is 1290. The van der Waals surface area contributed by atoms with Gasteiger partial charge in [-0.2, -0.15) is 0 Å². The molecule has 2 atom stereocenters. The van der Waals surface area contributed by atoms with Crippen LogP contribution in [-0.2, 0) is 0 Å². The van der Waals surface area contributed by atoms with Crippen molar-refractivity contribution in [2.24, 2.45) is 16.2 Å². The predicted molar refractivity (Wildman–Crippen MR) is 141 cm³/mol. The van der Waals surface area contributed by atoms with Crippen LogP contribution in [0.25, 0.3) is 16.8 Å². The van der Waals surface area contributed by atoms with Crippen LogP contribution in [0.2, 0.25) is 0 Å². The second-order valence-corrected chi connectivity index (χ2v) is 11.2. The Morgan fingerprint density at radius 3 is 2.41 bits per heavy atom. The van der Waals surface area contributed by atoms with E-state index >= 15 is 0 Å². The number of benzene rings is 3. The van der Waals surface area contributed by atoms with E-state index in [1.54, 1.807) is 0 Å². The second-order valence-electron chi connectivity index (χ2n) is 11.2. The van der Waals surface area contributed by atoms with Crippen molar-refractivity contribution >= 4 is 22.8 Å². The molecule has 0 aromatic heterocycles. The smallest absolute Gasteiger partial charge is 0.343 e. The molecule has 0 spiro atoms. The van der Waals surface area contributed by atoms with E-state index in [1.165, 1.54) is 31.3 Å². The summed E-state index contributed by atoms with van der Waals surface area (Å²) in [4.78, 5) is 12.8. The molecule has 0 aliphatic heterocycles. The molecule has 174 valence electrons. The van der Waals surface area contributed by atoms with Gasteiger partial charge in [0.05, 0.1) is 5.56 Å². The molecular weight excluding hydrogens is 416 g/mol. The van der Waals surface area contributed by atoms with Crippen molar-refractivity contribution in [3.05, 3.63) is 95.6 Å². The zero-order valence-corrected chi connectivity index (χ0v) is 20.7. The van der Waals surface area contributed by atoms with Crippen LogP contribution in [0.4, 0.5) is 0 Å². The molecule has 34 heavy (non-hydrogen) atoms. The van der Waals surface area contributed by atoms with Crippen molar-refractivity contribution in [2.45, 2.75) is 53.4 Å². The van der Waals surface area contributed by atoms with E-state index in [9.17, 15) is 4.79 Å². The lowest BCUT2D eigenvalue weighted by molar-refractivity contribution is 0.0737. The molecule has 2 saturated carbocycles. The molecule has 2 aliphatic rings. The predicted octanol–water partition coefficient (Wildman–Crippen LogP) is 8.63. The summed E-state index contributed by atoms with van der Waals surface area (Å²) in [5, 5.41) is 1.99. The zero-order chi connectivity index (χ0) is 24.0. The normalized spacial score (nSPS) is 25.8. The van der Waals surface area contributed by atoms with Gasteiger partial charge in [0, 0.05) is 5.39 Å². The van der Waals surface area contributed by atoms with Gasteiger partial charge in [0.2, 0.25) is 0 Å². The largest absolute Gasteiger partial charge is 0.422 e. The van der Waals surface area contributed by atoms with Gasteiger partial charge in [-0.15, -0.1) is 0 Å². The fraction of sp³-hybridized carbons (Fsp3) is 0.344. The lowest BCUT2D eigenvalue weighted by Gasteiger charge is -2.41. The molecule has 0 radical (unpaired) electrons. The minimum atomic E-state index is -0.338. The summed E-state index contributed by atoms with van der Waals surface area (Å²) >= 11 is 0. The van der Waals surface area contributed by atoms with Crippen LogP contribution in [0.1, 0.15) is 69.3 Å². The van der Waals surface area contributed by atoms with Gasteiger partial charge in [0.1, 0.15) is 5.75 Å². The van der Waals surface area contributed by atoms with Crippen molar-refractivity contribution in [1.82, 2.24) is 0 Å². The standard InChI is InChI=1S/C32H34O2/c1-23(17-20-32-22-31(32,4)19-8-18-30(32,2)3)21-24-13-15-26(16-14-24)29(33)34-28-12-7-10-25-9-5-6-11-27(25)28/h5-7,9-17,20-21H,8,18-19,22H2,1-4H3/b20-17?,23-21+. The Morgan fingerprint density at radius 2 is 1.65 bits per heavy atom. The molecule has 3 aromatic rings. The average molecular weight is 451 g/mol. The van der Waals surface area contributed by atoms with Crippen LogP contribution in [0.5, 0.6) is 5.75 Å². The lowest BCUT2D eigenvalue weighted by atomic mass is 9.63. The highest BCUT2D eigenvalue weighted by atomic mass is 16.5. The minimum Gasteiger partial charge on any atom is -0.422 e. The Kier molecular flexibility index (Phi) is 5.51. The van der Waals surface area contributed by atoms with Crippen LogP contribution in [0, 0.1) is 16.2 Å². The second kappa shape index (κ2) is 8.27. The van der Waals surface area contributed by atoms with Crippen LogP contribution in [0.3, 0.4) is 0 Å². The maximum Gasteiger partial charge on any atom is 0.343 e. The maximum absolute atomic E-state index is 12.8. The van der Waals surface area contributed by atoms with Gasteiger partial charge in [-0.25, -0.2) is 4.79 Å². The molecule has 2 nitrogen and oxygen atoms in total. The van der Waals surface area contributed by atoms with Crippen molar-refractivity contribution in [3.63, 3.8) is 0 Å². The molecule has 5 rings (SSSR count). The van der Waals surface area contributed by atoms with Gasteiger partial charge in [-0.05, 0) is 71.6 Å². The van der Waals surface area contributed by atoms with Gasteiger partial charge >= 0.3 is 5.97 Å². The van der Waals surface area contributed by atoms with Gasteiger partial charge in [-0.3, -0.25) is 0 Å². The van der Waals surface area contributed by atoms with E-state index in [4.69, 9.17) is 4.74 Å². The third kappa shape index (κ3) is 3.90. The van der Waals surface area contributed by atoms with E-state index < -0.39 is 0 Å². The number of ether oxygens (including phenoxy) is 1. The highest BCUT2D eigenvalue weighted by Crippen LogP contribution is 2.78. The van der Waals surface area contributed by atoms with Gasteiger partial charge in [-0.1, -0.05) is 99.5 Å². The van der Waals surface area contributed by atoms with Crippen LogP contribution >= 0.6 is 0 Å². The molecule has 2 heteroatoms. The van der Waals surface area contributed by atoms with Crippen molar-refractivity contribution in [1.29, 1.82) is 0 Å². The molecule has 3 aromatic carbocycles. The highest BCUT2D eigenvalue weighted by molar-refractivity contribution is 5.95. The SMILES string of the molecule is C/C(C=CC12CC1(C)CCCC2(C)C)=C\c1ccc(C(=O)Oc2cccc3ccccc23)cc1. The number of hydrogen-bond donors (Lipinski definition) is 0. The Labute approximate surface area is 203 Å². The summed E-state index contributed by atoms with van der Waals surface area (Å²) in [6.45, 7) is 9.51. The summed E-state index contributed by atoms with van der Waals surface area (Å²) in [6.07, 6.45) is 12.3. The third-order valence-corrected chi connectivity index (χ3v) is 8.48. The van der Waals surface area contributed by atoms with E-state index in [0.29, 0.717) is 27.6 Å². The first-order valence-corrected chi connectivity index (χ1v) is 12.4. The quantitative estimate of drug-likeness (QED) is 0.221. The number of hydrogen-bond acceptors (Lipinski definition) is 2. The Hall–Kier alpha value is -3.13. The summed E-state index contributed by atoms with van der Waals surface area (Å²) in [6, 6.07) is 21.4. The summed E-state index contributed by atoms with van der Waals surface area (Å²) < 4.78 is 5.72. The molecule has 0 saturated heterocycles. The molecule has 0 bridgehead atoms. The lowest BCUT2D eigenvalue weighted by Crippen LogP contribution is -2.32. The summed E-state index contributed by atoms with van der Waals surface area (Å²) in [7, 11) is 0. The number of fused-ring (bicyclic) bond motifs is 2. The number of allylic oxidation sites excluding steroid dienone is 3. The maximum atomic E-state index is 12.8. The average Bonchev–Trinajstić information content (AvgIpc) is 3.46. The first-order valence-electron chi connectivity index (χ1n) is 12.4. The summed E-state index contributed by atoms with van der Waals surface area (Å²) in [5.41, 5.74) is 4.04. The first-order chi connectivity index (χ1) is 16.2. The van der Waals surface area contributed by atoms with Crippen molar-refractivity contribution in [3.8, 4) is 5.75 Å². The summed E-state index contributed by atoms with van der Waals surface area (Å²) in [5.74, 6) is 0.250. The van der Waals surface area contributed by atoms with Crippen molar-refractivity contribution < 1.29 is 9.53 Å². The Morgan fingerprint density at radius 1 is 0.912 bits per heavy atom.